The Balaban J connectivity index is 3.69. The molecule has 1 unspecified atom stereocenters. The van der Waals surface area contributed by atoms with Crippen molar-refractivity contribution < 1.29 is 14.4 Å². The second-order valence-electron chi connectivity index (χ2n) is 3.70. The Morgan fingerprint density at radius 2 is 2.00 bits per heavy atom. The van der Waals surface area contributed by atoms with E-state index in [1.165, 1.54) is 0 Å². The zero-order chi connectivity index (χ0) is 9.07. The van der Waals surface area contributed by atoms with Gasteiger partial charge in [-0.25, -0.2) is 0 Å². The van der Waals surface area contributed by atoms with Crippen molar-refractivity contribution in [3.8, 4) is 0 Å². The molecule has 0 aliphatic carbocycles. The number of carbonyl (C=O) groups excluding carboxylic acids is 1. The maximum Gasteiger partial charge on any atom is 0.108 e. The van der Waals surface area contributed by atoms with E-state index in [2.05, 4.69) is 12.6 Å². The molecule has 66 valence electrons. The van der Waals surface area contributed by atoms with E-state index in [4.69, 9.17) is 0 Å². The van der Waals surface area contributed by atoms with Crippen LogP contribution in [0.5, 0.6) is 0 Å². The summed E-state index contributed by atoms with van der Waals surface area (Å²) in [5.74, 6) is 0. The molecule has 11 heavy (non-hydrogen) atoms. The normalized spacial score (nSPS) is 14.5. The zero-order valence-corrected chi connectivity index (χ0v) is 8.02. The van der Waals surface area contributed by atoms with Gasteiger partial charge in [0.1, 0.15) is 12.6 Å². The molecule has 0 aromatic carbocycles. The smallest absolute Gasteiger partial charge is 0.108 e. The van der Waals surface area contributed by atoms with Gasteiger partial charge >= 0.3 is 0 Å². The van der Waals surface area contributed by atoms with Gasteiger partial charge in [0.15, 0.2) is 0 Å². The lowest BCUT2D eigenvalue weighted by Crippen LogP contribution is -2.41. The molecule has 0 rings (SSSR count). The summed E-state index contributed by atoms with van der Waals surface area (Å²) in [6, 6.07) is 0. The molecule has 0 radical (unpaired) electrons. The summed E-state index contributed by atoms with van der Waals surface area (Å²) in [5.41, 5.74) is 0. The van der Waals surface area contributed by atoms with Gasteiger partial charge in [0.2, 0.25) is 0 Å². The number of quaternary nitrogens is 1. The minimum Gasteiger partial charge on any atom is -0.742 e. The van der Waals surface area contributed by atoms with Crippen molar-refractivity contribution in [1.82, 2.24) is 0 Å². The SMILES string of the molecule is C[N+](C)(C)CC(O)CC(=O)[S-]. The largest absolute Gasteiger partial charge is 0.742 e. The summed E-state index contributed by atoms with van der Waals surface area (Å²) in [6.45, 7) is 0.558. The fourth-order valence-electron chi connectivity index (χ4n) is 0.889. The number of hydrogen-bond acceptors (Lipinski definition) is 3. The maximum absolute atomic E-state index is 10.4. The van der Waals surface area contributed by atoms with Crippen LogP contribution in [0.3, 0.4) is 0 Å². The van der Waals surface area contributed by atoms with Gasteiger partial charge in [-0.1, -0.05) is 0 Å². The number of likely N-dealkylation sites (N-methyl/N-ethyl adjacent to an activating group) is 1. The van der Waals surface area contributed by atoms with Crippen molar-refractivity contribution in [1.29, 1.82) is 0 Å². The van der Waals surface area contributed by atoms with Crippen LogP contribution >= 0.6 is 0 Å². The Morgan fingerprint density at radius 1 is 1.55 bits per heavy atom. The highest BCUT2D eigenvalue weighted by molar-refractivity contribution is 7.77. The summed E-state index contributed by atoms with van der Waals surface area (Å²) in [6.07, 6.45) is -0.509. The van der Waals surface area contributed by atoms with Crippen LogP contribution in [0, 0.1) is 0 Å². The molecular formula is C7H15NO2S. The number of aliphatic hydroxyl groups is 1. The Morgan fingerprint density at radius 3 is 2.27 bits per heavy atom. The molecule has 0 aliphatic rings. The van der Waals surface area contributed by atoms with E-state index in [0.29, 0.717) is 11.0 Å². The van der Waals surface area contributed by atoms with E-state index >= 15 is 0 Å². The molecule has 0 amide bonds. The van der Waals surface area contributed by atoms with Crippen molar-refractivity contribution in [2.45, 2.75) is 12.5 Å². The molecule has 3 nitrogen and oxygen atoms in total. The van der Waals surface area contributed by atoms with Gasteiger partial charge < -0.3 is 27.0 Å². The van der Waals surface area contributed by atoms with Crippen LogP contribution in [0.15, 0.2) is 0 Å². The van der Waals surface area contributed by atoms with Gasteiger partial charge in [-0.2, -0.15) is 0 Å². The van der Waals surface area contributed by atoms with Gasteiger partial charge in [-0.05, 0) is 0 Å². The van der Waals surface area contributed by atoms with Crippen molar-refractivity contribution >= 4 is 17.7 Å². The van der Waals surface area contributed by atoms with E-state index < -0.39 is 6.10 Å². The minimum atomic E-state index is -0.597. The standard InChI is InChI=1S/C7H15NO2S/c1-8(2,3)5-6(9)4-7(10)11/h6,9H,4-5H2,1-3H3. The van der Waals surface area contributed by atoms with Crippen LogP contribution in [-0.4, -0.2) is 48.5 Å². The van der Waals surface area contributed by atoms with Crippen LogP contribution in [0.4, 0.5) is 0 Å². The van der Waals surface area contributed by atoms with Crippen LogP contribution in [-0.2, 0) is 17.4 Å². The van der Waals surface area contributed by atoms with Gasteiger partial charge in [0, 0.05) is 11.5 Å². The highest BCUT2D eigenvalue weighted by atomic mass is 32.1. The zero-order valence-electron chi connectivity index (χ0n) is 7.20. The Hall–Kier alpha value is -0.190. The van der Waals surface area contributed by atoms with E-state index in [0.717, 1.165) is 0 Å². The second-order valence-corrected chi connectivity index (χ2v) is 4.16. The van der Waals surface area contributed by atoms with E-state index in [1.807, 2.05) is 21.1 Å². The molecule has 0 heterocycles. The van der Waals surface area contributed by atoms with Gasteiger partial charge in [-0.3, -0.25) is 0 Å². The number of nitrogens with zero attached hydrogens (tertiary/aromatic N) is 1. The quantitative estimate of drug-likeness (QED) is 0.465. The van der Waals surface area contributed by atoms with E-state index in [9.17, 15) is 9.90 Å². The molecule has 0 fully saturated rings. The predicted octanol–water partition coefficient (Wildman–Crippen LogP) is -0.483. The minimum absolute atomic E-state index is 0.0881. The molecule has 1 N–H and O–H groups in total. The lowest BCUT2D eigenvalue weighted by molar-refractivity contribution is -0.873. The van der Waals surface area contributed by atoms with Crippen molar-refractivity contribution in [2.75, 3.05) is 27.7 Å². The molecule has 0 saturated carbocycles. The first-order chi connectivity index (χ1) is 4.81. The molecule has 1 atom stereocenters. The molecular weight excluding hydrogens is 162 g/mol. The average Bonchev–Trinajstić information content (AvgIpc) is 1.53. The Labute approximate surface area is 73.0 Å². The topological polar surface area (TPSA) is 37.3 Å². The third-order valence-electron chi connectivity index (χ3n) is 1.16. The van der Waals surface area contributed by atoms with E-state index in [-0.39, 0.29) is 11.5 Å². The number of aliphatic hydroxyl groups excluding tert-OH is 1. The van der Waals surface area contributed by atoms with Gasteiger partial charge in [0.25, 0.3) is 0 Å². The van der Waals surface area contributed by atoms with Crippen molar-refractivity contribution in [3.05, 3.63) is 0 Å². The monoisotopic (exact) mass is 177 g/mol. The second kappa shape index (κ2) is 3.99. The first-order valence-corrected chi connectivity index (χ1v) is 3.90. The van der Waals surface area contributed by atoms with E-state index in [1.54, 1.807) is 0 Å². The first kappa shape index (κ1) is 10.8. The molecule has 0 bridgehead atoms. The van der Waals surface area contributed by atoms with Crippen molar-refractivity contribution in [2.24, 2.45) is 0 Å². The molecule has 0 aromatic heterocycles. The number of carbonyl (C=O) groups is 1. The maximum atomic E-state index is 10.4. The average molecular weight is 177 g/mol. The fraction of sp³-hybridized carbons (Fsp3) is 0.857. The Kier molecular flexibility index (Phi) is 3.92. The summed E-state index contributed by atoms with van der Waals surface area (Å²) >= 11 is 4.34. The lowest BCUT2D eigenvalue weighted by Gasteiger charge is -2.26. The Bertz CT molecular complexity index is 142. The third-order valence-corrected chi connectivity index (χ3v) is 1.33. The summed E-state index contributed by atoms with van der Waals surface area (Å²) in [7, 11) is 5.87. The van der Waals surface area contributed by atoms with Crippen molar-refractivity contribution in [3.63, 3.8) is 0 Å². The van der Waals surface area contributed by atoms with Crippen LogP contribution < -0.4 is 0 Å². The van der Waals surface area contributed by atoms with Gasteiger partial charge in [-0.15, -0.1) is 0 Å². The summed E-state index contributed by atoms with van der Waals surface area (Å²) in [4.78, 5) is 10.4. The van der Waals surface area contributed by atoms with Crippen LogP contribution in [0.1, 0.15) is 6.42 Å². The number of hydrogen-bond donors (Lipinski definition) is 1. The fourth-order valence-corrected chi connectivity index (χ4v) is 1.08. The molecule has 4 heteroatoms. The lowest BCUT2D eigenvalue weighted by atomic mass is 10.2. The highest BCUT2D eigenvalue weighted by Gasteiger charge is 2.14. The highest BCUT2D eigenvalue weighted by Crippen LogP contribution is 1.98. The predicted molar refractivity (Wildman–Crippen MR) is 45.9 cm³/mol. The summed E-state index contributed by atoms with van der Waals surface area (Å²) < 4.78 is 0.643. The molecule has 0 aromatic rings. The number of rotatable bonds is 4. The first-order valence-electron chi connectivity index (χ1n) is 3.49. The molecule has 0 spiro atoms. The third kappa shape index (κ3) is 7.71. The van der Waals surface area contributed by atoms with Crippen LogP contribution in [0.2, 0.25) is 0 Å². The molecule has 0 saturated heterocycles. The summed E-state index contributed by atoms with van der Waals surface area (Å²) in [5, 5.41) is 8.88. The van der Waals surface area contributed by atoms with Gasteiger partial charge in [0.05, 0.1) is 21.1 Å². The molecule has 0 aliphatic heterocycles. The van der Waals surface area contributed by atoms with Crippen LogP contribution in [0.25, 0.3) is 0 Å².